The van der Waals surface area contributed by atoms with Crippen LogP contribution in [-0.2, 0) is 20.8 Å². The Balaban J connectivity index is 1.55. The number of rotatable bonds is 4. The van der Waals surface area contributed by atoms with Crippen LogP contribution in [0.25, 0.3) is 0 Å². The normalized spacial score (nSPS) is 26.6. The van der Waals surface area contributed by atoms with Gasteiger partial charge in [0, 0.05) is 36.8 Å². The number of carbonyl (C=O) groups is 1. The van der Waals surface area contributed by atoms with Gasteiger partial charge in [-0.3, -0.25) is 9.69 Å². The van der Waals surface area contributed by atoms with Gasteiger partial charge in [0.25, 0.3) is 0 Å². The molecule has 0 aliphatic carbocycles. The Hall–Kier alpha value is -2.85. The predicted octanol–water partition coefficient (Wildman–Crippen LogP) is 1.88. The average Bonchev–Trinajstić information content (AvgIpc) is 3.18. The van der Waals surface area contributed by atoms with Crippen molar-refractivity contribution in [1.82, 2.24) is 10.2 Å². The molecule has 0 radical (unpaired) electrons. The number of piperidine rings is 2. The Kier molecular flexibility index (Phi) is 5.78. The number of aliphatic carboxylic acids is 1. The van der Waals surface area contributed by atoms with Gasteiger partial charge in [-0.1, -0.05) is 12.1 Å². The van der Waals surface area contributed by atoms with E-state index in [4.69, 9.17) is 5.11 Å². The van der Waals surface area contributed by atoms with Crippen LogP contribution in [0.4, 0.5) is 5.69 Å². The highest BCUT2D eigenvalue weighted by atomic mass is 16.4. The summed E-state index contributed by atoms with van der Waals surface area (Å²) in [5, 5.41) is 12.0. The Morgan fingerprint density at radius 3 is 2.73 bits per heavy atom. The van der Waals surface area contributed by atoms with Gasteiger partial charge >= 0.3 is 5.97 Å². The fourth-order valence-corrected chi connectivity index (χ4v) is 5.31. The number of allylic oxidation sites excluding steroid dienone is 2. The van der Waals surface area contributed by atoms with E-state index in [1.54, 1.807) is 0 Å². The average molecular weight is 409 g/mol. The van der Waals surface area contributed by atoms with Crippen LogP contribution in [0.15, 0.2) is 29.6 Å². The van der Waals surface area contributed by atoms with E-state index in [0.717, 1.165) is 37.9 Å². The molecule has 158 valence electrons. The Morgan fingerprint density at radius 2 is 2.03 bits per heavy atom. The van der Waals surface area contributed by atoms with Crippen molar-refractivity contribution in [3.63, 3.8) is 0 Å². The molecule has 0 bridgehead atoms. The lowest BCUT2D eigenvalue weighted by Gasteiger charge is -2.41. The highest BCUT2D eigenvalue weighted by molar-refractivity contribution is 5.69. The molecule has 1 aromatic rings. The fraction of sp³-hybridized carbons (Fsp3) is 0.522. The first-order chi connectivity index (χ1) is 14.5. The van der Waals surface area contributed by atoms with Crippen LogP contribution in [0.2, 0.25) is 0 Å². The first-order valence-electron chi connectivity index (χ1n) is 10.6. The zero-order chi connectivity index (χ0) is 21.3. The smallest absolute Gasteiger partial charge is 0.317 e. The Labute approximate surface area is 176 Å². The summed E-state index contributed by atoms with van der Waals surface area (Å²) in [6, 6.07) is 6.89. The van der Waals surface area contributed by atoms with E-state index >= 15 is 0 Å². The van der Waals surface area contributed by atoms with Crippen LogP contribution < -0.4 is 10.2 Å². The third-order valence-corrected chi connectivity index (χ3v) is 6.79. The van der Waals surface area contributed by atoms with Gasteiger partial charge in [0.15, 0.2) is 0 Å². The molecule has 4 rings (SSSR count). The topological polar surface area (TPSA) is 90.0 Å². The Bertz CT molecular complexity index is 946. The van der Waals surface area contributed by atoms with Crippen LogP contribution in [0, 0.1) is 0 Å². The molecule has 0 saturated carbocycles. The fourth-order valence-electron chi connectivity index (χ4n) is 5.31. The highest BCUT2D eigenvalue weighted by Gasteiger charge is 2.35. The van der Waals surface area contributed by atoms with Crippen molar-refractivity contribution < 1.29 is 19.5 Å². The van der Waals surface area contributed by atoms with E-state index in [1.807, 2.05) is 22.8 Å². The maximum Gasteiger partial charge on any atom is 0.317 e. The van der Waals surface area contributed by atoms with Gasteiger partial charge in [-0.05, 0) is 56.2 Å². The summed E-state index contributed by atoms with van der Waals surface area (Å²) >= 11 is 0. The second-order valence-electron chi connectivity index (χ2n) is 8.49. The molecule has 0 amide bonds. The predicted molar refractivity (Wildman–Crippen MR) is 113 cm³/mol. The lowest BCUT2D eigenvalue weighted by molar-refractivity contribution is -0.139. The number of fused-ring (bicyclic) bond motifs is 1. The van der Waals surface area contributed by atoms with Crippen molar-refractivity contribution in [3.8, 4) is 0 Å². The highest BCUT2D eigenvalue weighted by Crippen LogP contribution is 2.41. The first kappa shape index (κ1) is 20.4. The van der Waals surface area contributed by atoms with Gasteiger partial charge in [0.05, 0.1) is 6.54 Å². The van der Waals surface area contributed by atoms with Crippen molar-refractivity contribution in [2.45, 2.75) is 57.0 Å². The second kappa shape index (κ2) is 8.49. The number of carbonyl (C=O) groups excluding carboxylic acids is 2. The van der Waals surface area contributed by atoms with Crippen molar-refractivity contribution in [2.75, 3.05) is 24.5 Å². The van der Waals surface area contributed by atoms with Crippen LogP contribution in [0.3, 0.4) is 0 Å². The summed E-state index contributed by atoms with van der Waals surface area (Å²) in [6.07, 6.45) is 4.08. The number of benzene rings is 1. The number of hydrogen-bond donors (Lipinski definition) is 2. The minimum atomic E-state index is -0.774. The second-order valence-corrected chi connectivity index (χ2v) is 8.49. The summed E-state index contributed by atoms with van der Waals surface area (Å²) in [4.78, 5) is 38.1. The van der Waals surface area contributed by atoms with Gasteiger partial charge in [-0.2, -0.15) is 0 Å². The van der Waals surface area contributed by atoms with Crippen molar-refractivity contribution in [1.29, 1.82) is 0 Å². The maximum absolute atomic E-state index is 11.5. The van der Waals surface area contributed by atoms with Crippen LogP contribution in [-0.4, -0.2) is 59.6 Å². The van der Waals surface area contributed by atoms with Crippen molar-refractivity contribution >= 4 is 23.5 Å². The molecule has 0 aromatic heterocycles. The summed E-state index contributed by atoms with van der Waals surface area (Å²) in [7, 11) is 0. The first-order valence-corrected chi connectivity index (χ1v) is 10.6. The van der Waals surface area contributed by atoms with E-state index in [9.17, 15) is 14.4 Å². The SMILES string of the molecule is C[C@H]1C[C@@H](N2CCc3c([C@H]4CCC(=C=O)NC4=C=O)cccc32)CCN1CC(=O)O. The molecule has 3 atom stereocenters. The third-order valence-electron chi connectivity index (χ3n) is 6.79. The van der Waals surface area contributed by atoms with E-state index in [-0.39, 0.29) is 18.5 Å². The van der Waals surface area contributed by atoms with E-state index in [2.05, 4.69) is 29.3 Å². The maximum atomic E-state index is 11.5. The van der Waals surface area contributed by atoms with Crippen LogP contribution in [0.1, 0.15) is 49.7 Å². The number of nitrogens with one attached hydrogen (secondary N) is 1. The molecule has 2 fully saturated rings. The molecule has 7 nitrogen and oxygen atoms in total. The van der Waals surface area contributed by atoms with E-state index < -0.39 is 5.97 Å². The zero-order valence-corrected chi connectivity index (χ0v) is 17.2. The van der Waals surface area contributed by atoms with Gasteiger partial charge in [0.2, 0.25) is 0 Å². The number of nitrogens with zero attached hydrogens (tertiary/aromatic N) is 2. The molecule has 0 unspecified atom stereocenters. The summed E-state index contributed by atoms with van der Waals surface area (Å²) in [5.74, 6) is 3.01. The molecule has 2 saturated heterocycles. The summed E-state index contributed by atoms with van der Waals surface area (Å²) in [5.41, 5.74) is 4.47. The molecular weight excluding hydrogens is 382 g/mol. The monoisotopic (exact) mass is 409 g/mol. The van der Waals surface area contributed by atoms with Crippen LogP contribution in [0.5, 0.6) is 0 Å². The molecule has 7 heteroatoms. The standard InChI is InChI=1S/C23H27N3O4/c1-15-11-17(7-9-25(15)12-23(29)30)26-10-8-20-18(3-2-4-22(20)26)19-6-5-16(13-27)24-21(19)14-28/h2-4,15,17,19,24H,5-12H2,1H3,(H,29,30)/t15-,17-,19+/m0/s1. The molecule has 3 aliphatic heterocycles. The van der Waals surface area contributed by atoms with E-state index in [1.165, 1.54) is 11.3 Å². The zero-order valence-electron chi connectivity index (χ0n) is 17.2. The molecule has 30 heavy (non-hydrogen) atoms. The van der Waals surface area contributed by atoms with Gasteiger partial charge in [-0.25, -0.2) is 9.59 Å². The number of likely N-dealkylation sites (tertiary alicyclic amines) is 1. The van der Waals surface area contributed by atoms with Gasteiger partial charge in [-0.15, -0.1) is 0 Å². The van der Waals surface area contributed by atoms with Gasteiger partial charge in [0.1, 0.15) is 23.3 Å². The van der Waals surface area contributed by atoms with Gasteiger partial charge < -0.3 is 15.3 Å². The molecule has 3 heterocycles. The molecule has 1 aromatic carbocycles. The number of anilines is 1. The lowest BCUT2D eigenvalue weighted by atomic mass is 9.84. The summed E-state index contributed by atoms with van der Waals surface area (Å²) < 4.78 is 0. The summed E-state index contributed by atoms with van der Waals surface area (Å²) in [6.45, 7) is 3.92. The van der Waals surface area contributed by atoms with Crippen molar-refractivity contribution in [3.05, 3.63) is 40.7 Å². The molecule has 3 aliphatic rings. The molecular formula is C23H27N3O4. The number of carboxylic acids is 1. The minimum absolute atomic E-state index is 0.0779. The lowest BCUT2D eigenvalue weighted by Crippen LogP contribution is -2.50. The number of carboxylic acid groups (broad SMARTS) is 1. The Morgan fingerprint density at radius 1 is 1.20 bits per heavy atom. The quantitative estimate of drug-likeness (QED) is 0.734. The number of hydrogen-bond acceptors (Lipinski definition) is 6. The third kappa shape index (κ3) is 3.80. The van der Waals surface area contributed by atoms with Crippen molar-refractivity contribution in [2.24, 2.45) is 0 Å². The van der Waals surface area contributed by atoms with E-state index in [0.29, 0.717) is 30.3 Å². The van der Waals surface area contributed by atoms with Crippen LogP contribution >= 0.6 is 0 Å². The minimum Gasteiger partial charge on any atom is -0.480 e. The largest absolute Gasteiger partial charge is 0.480 e. The molecule has 0 spiro atoms. The molecule has 2 N–H and O–H groups in total.